The number of hydrogen-bond donors (Lipinski definition) is 2. The first kappa shape index (κ1) is 17.1. The van der Waals surface area contributed by atoms with Crippen molar-refractivity contribution in [2.75, 3.05) is 11.9 Å². The number of benzene rings is 1. The van der Waals surface area contributed by atoms with Crippen LogP contribution in [0.1, 0.15) is 36.3 Å². The molecule has 2 N–H and O–H groups in total. The maximum absolute atomic E-state index is 12.9. The highest BCUT2D eigenvalue weighted by Gasteiger charge is 2.33. The summed E-state index contributed by atoms with van der Waals surface area (Å²) in [5.41, 5.74) is 0.617. The number of furan rings is 1. The molecule has 2 aromatic heterocycles. The number of carbonyl (C=O) groups excluding carboxylic acids is 1. The Hall–Kier alpha value is -3.29. The average molecular weight is 367 g/mol. The molecule has 0 saturated carbocycles. The number of ether oxygens (including phenoxy) is 1. The molecule has 1 aliphatic heterocycles. The monoisotopic (exact) mass is 367 g/mol. The molecule has 1 atom stereocenters. The summed E-state index contributed by atoms with van der Waals surface area (Å²) in [6, 6.07) is 10.7. The summed E-state index contributed by atoms with van der Waals surface area (Å²) in [7, 11) is 0. The molecule has 1 saturated heterocycles. The number of amides is 2. The van der Waals surface area contributed by atoms with Gasteiger partial charge >= 0.3 is 6.03 Å². The molecule has 3 aromatic rings. The van der Waals surface area contributed by atoms with Crippen LogP contribution < -0.4 is 10.1 Å². The van der Waals surface area contributed by atoms with E-state index < -0.39 is 0 Å². The van der Waals surface area contributed by atoms with Gasteiger partial charge in [-0.05, 0) is 44.0 Å². The predicted molar refractivity (Wildman–Crippen MR) is 98.3 cm³/mol. The second-order valence-electron chi connectivity index (χ2n) is 6.42. The summed E-state index contributed by atoms with van der Waals surface area (Å²) in [6.45, 7) is 2.81. The van der Waals surface area contributed by atoms with Crippen LogP contribution in [-0.4, -0.2) is 32.7 Å². The van der Waals surface area contributed by atoms with Crippen molar-refractivity contribution in [2.45, 2.75) is 32.4 Å². The van der Waals surface area contributed by atoms with Crippen LogP contribution in [-0.2, 0) is 6.61 Å². The van der Waals surface area contributed by atoms with Gasteiger partial charge in [0, 0.05) is 6.54 Å². The second-order valence-corrected chi connectivity index (χ2v) is 6.42. The summed E-state index contributed by atoms with van der Waals surface area (Å²) >= 11 is 0. The molecular weight excluding hydrogens is 346 g/mol. The molecule has 0 radical (unpaired) electrons. The molecule has 4 rings (SSSR count). The van der Waals surface area contributed by atoms with Gasteiger partial charge in [0.25, 0.3) is 0 Å². The normalized spacial score (nSPS) is 16.5. The maximum atomic E-state index is 12.9. The third-order valence-corrected chi connectivity index (χ3v) is 4.50. The maximum Gasteiger partial charge on any atom is 0.322 e. The summed E-state index contributed by atoms with van der Waals surface area (Å²) < 4.78 is 11.1. The van der Waals surface area contributed by atoms with E-state index in [2.05, 4.69) is 20.5 Å². The van der Waals surface area contributed by atoms with Crippen molar-refractivity contribution in [3.8, 4) is 5.75 Å². The van der Waals surface area contributed by atoms with Crippen molar-refractivity contribution in [3.05, 3.63) is 60.1 Å². The van der Waals surface area contributed by atoms with Gasteiger partial charge < -0.3 is 19.4 Å². The fourth-order valence-electron chi connectivity index (χ4n) is 3.21. The zero-order chi connectivity index (χ0) is 18.6. The van der Waals surface area contributed by atoms with Crippen molar-refractivity contribution < 1.29 is 13.9 Å². The van der Waals surface area contributed by atoms with Crippen LogP contribution >= 0.6 is 0 Å². The first-order chi connectivity index (χ1) is 13.2. The Balaban J connectivity index is 1.46. The molecule has 140 valence electrons. The summed E-state index contributed by atoms with van der Waals surface area (Å²) in [5.74, 6) is 2.71. The molecule has 8 nitrogen and oxygen atoms in total. The molecule has 0 bridgehead atoms. The zero-order valence-electron chi connectivity index (χ0n) is 15.0. The SMILES string of the molecule is Cc1nc([C@H]2CCCN2C(=O)Nc2ccccc2OCc2ccco2)n[nH]1. The predicted octanol–water partition coefficient (Wildman–Crippen LogP) is 3.65. The molecule has 0 unspecified atom stereocenters. The molecule has 0 spiro atoms. The van der Waals surface area contributed by atoms with Crippen molar-refractivity contribution >= 4 is 11.7 Å². The highest BCUT2D eigenvalue weighted by molar-refractivity contribution is 5.91. The van der Waals surface area contributed by atoms with E-state index in [1.165, 1.54) is 0 Å². The van der Waals surface area contributed by atoms with Crippen LogP contribution in [0.3, 0.4) is 0 Å². The van der Waals surface area contributed by atoms with Crippen molar-refractivity contribution in [1.29, 1.82) is 0 Å². The van der Waals surface area contributed by atoms with E-state index in [9.17, 15) is 4.79 Å². The Labute approximate surface area is 156 Å². The van der Waals surface area contributed by atoms with Gasteiger partial charge in [0.2, 0.25) is 0 Å². The van der Waals surface area contributed by atoms with Gasteiger partial charge in [0.15, 0.2) is 5.82 Å². The number of carbonyl (C=O) groups is 1. The number of rotatable bonds is 5. The van der Waals surface area contributed by atoms with Crippen molar-refractivity contribution in [2.24, 2.45) is 0 Å². The number of aromatic nitrogens is 3. The van der Waals surface area contributed by atoms with Crippen molar-refractivity contribution in [1.82, 2.24) is 20.1 Å². The van der Waals surface area contributed by atoms with Gasteiger partial charge in [-0.25, -0.2) is 9.78 Å². The smallest absolute Gasteiger partial charge is 0.322 e. The van der Waals surface area contributed by atoms with E-state index in [0.29, 0.717) is 30.4 Å². The number of hydrogen-bond acceptors (Lipinski definition) is 5. The molecule has 1 aromatic carbocycles. The minimum Gasteiger partial charge on any atom is -0.483 e. The van der Waals surface area contributed by atoms with Crippen LogP contribution in [0, 0.1) is 6.92 Å². The number of urea groups is 1. The molecule has 1 aliphatic rings. The molecule has 3 heterocycles. The van der Waals surface area contributed by atoms with Crippen LogP contribution in [0.25, 0.3) is 0 Å². The number of aryl methyl sites for hydroxylation is 1. The molecule has 27 heavy (non-hydrogen) atoms. The van der Waals surface area contributed by atoms with E-state index in [4.69, 9.17) is 9.15 Å². The number of H-pyrrole nitrogens is 1. The van der Waals surface area contributed by atoms with Gasteiger partial charge in [0.1, 0.15) is 23.9 Å². The van der Waals surface area contributed by atoms with Crippen LogP contribution in [0.5, 0.6) is 5.75 Å². The number of nitrogens with zero attached hydrogens (tertiary/aromatic N) is 3. The van der Waals surface area contributed by atoms with Gasteiger partial charge in [-0.1, -0.05) is 12.1 Å². The summed E-state index contributed by atoms with van der Waals surface area (Å²) in [6.07, 6.45) is 3.37. The van der Waals surface area contributed by atoms with E-state index >= 15 is 0 Å². The highest BCUT2D eigenvalue weighted by Crippen LogP contribution is 2.32. The third-order valence-electron chi connectivity index (χ3n) is 4.50. The standard InChI is InChI=1S/C19H21N5O3/c1-13-20-18(23-22-13)16-8-4-10-24(16)19(25)21-15-7-2-3-9-17(15)27-12-14-6-5-11-26-14/h2-3,5-7,9,11,16H,4,8,10,12H2,1H3,(H,21,25)(H,20,22,23)/t16-/m1/s1. The minimum atomic E-state index is -0.186. The Morgan fingerprint density at radius 1 is 1.37 bits per heavy atom. The average Bonchev–Trinajstić information content (AvgIpc) is 3.42. The van der Waals surface area contributed by atoms with Crippen LogP contribution in [0.15, 0.2) is 47.1 Å². The Morgan fingerprint density at radius 3 is 3.04 bits per heavy atom. The van der Waals surface area contributed by atoms with Gasteiger partial charge in [0.05, 0.1) is 18.0 Å². The second kappa shape index (κ2) is 7.53. The molecule has 1 fully saturated rings. The van der Waals surface area contributed by atoms with E-state index in [1.807, 2.05) is 43.3 Å². The minimum absolute atomic E-state index is 0.119. The lowest BCUT2D eigenvalue weighted by Gasteiger charge is -2.23. The topological polar surface area (TPSA) is 96.3 Å². The van der Waals surface area contributed by atoms with Crippen LogP contribution in [0.4, 0.5) is 10.5 Å². The molecule has 2 amide bonds. The quantitative estimate of drug-likeness (QED) is 0.717. The Bertz CT molecular complexity index is 906. The van der Waals surface area contributed by atoms with Gasteiger partial charge in [-0.3, -0.25) is 5.10 Å². The number of para-hydroxylation sites is 2. The fraction of sp³-hybridized carbons (Fsp3) is 0.316. The zero-order valence-corrected chi connectivity index (χ0v) is 15.0. The summed E-state index contributed by atoms with van der Waals surface area (Å²) in [4.78, 5) is 19.0. The fourth-order valence-corrected chi connectivity index (χ4v) is 3.21. The molecule has 0 aliphatic carbocycles. The summed E-state index contributed by atoms with van der Waals surface area (Å²) in [5, 5.41) is 10.0. The number of aromatic amines is 1. The third kappa shape index (κ3) is 3.79. The van der Waals surface area contributed by atoms with E-state index in [-0.39, 0.29) is 12.1 Å². The lowest BCUT2D eigenvalue weighted by molar-refractivity contribution is 0.204. The number of nitrogens with one attached hydrogen (secondary N) is 2. The van der Waals surface area contributed by atoms with E-state index in [1.54, 1.807) is 11.2 Å². The highest BCUT2D eigenvalue weighted by atomic mass is 16.5. The lowest BCUT2D eigenvalue weighted by Crippen LogP contribution is -2.35. The Morgan fingerprint density at radius 2 is 2.26 bits per heavy atom. The van der Waals surface area contributed by atoms with Gasteiger partial charge in [-0.2, -0.15) is 5.10 Å². The first-order valence-electron chi connectivity index (χ1n) is 8.91. The number of anilines is 1. The van der Waals surface area contributed by atoms with Gasteiger partial charge in [-0.15, -0.1) is 0 Å². The first-order valence-corrected chi connectivity index (χ1v) is 8.91. The largest absolute Gasteiger partial charge is 0.483 e. The number of likely N-dealkylation sites (tertiary alicyclic amines) is 1. The van der Waals surface area contributed by atoms with Crippen LogP contribution in [0.2, 0.25) is 0 Å². The lowest BCUT2D eigenvalue weighted by atomic mass is 10.2. The Kier molecular flexibility index (Phi) is 4.78. The molecular formula is C19H21N5O3. The van der Waals surface area contributed by atoms with Crippen molar-refractivity contribution in [3.63, 3.8) is 0 Å². The molecule has 8 heteroatoms. The van der Waals surface area contributed by atoms with E-state index in [0.717, 1.165) is 24.4 Å².